The van der Waals surface area contributed by atoms with Crippen LogP contribution in [0, 0.1) is 11.2 Å². The highest BCUT2D eigenvalue weighted by Gasteiger charge is 2.16. The molecule has 146 valence electrons. The minimum atomic E-state index is -0.485. The molecule has 0 fully saturated rings. The number of hydrogen-bond donors (Lipinski definition) is 2. The summed E-state index contributed by atoms with van der Waals surface area (Å²) in [5.41, 5.74) is 1.31. The Morgan fingerprint density at radius 2 is 1.97 bits per heavy atom. The molecule has 0 saturated carbocycles. The number of hydrogen-bond acceptors (Lipinski definition) is 4. The second kappa shape index (κ2) is 7.31. The molecule has 4 aromatic rings. The van der Waals surface area contributed by atoms with Gasteiger partial charge >= 0.3 is 0 Å². The van der Waals surface area contributed by atoms with E-state index in [4.69, 9.17) is 5.41 Å². The summed E-state index contributed by atoms with van der Waals surface area (Å²) in [6.07, 6.45) is 1.61. The Balaban J connectivity index is 1.80. The first kappa shape index (κ1) is 18.5. The number of aryl methyl sites for hydroxylation is 1. The van der Waals surface area contributed by atoms with Crippen LogP contribution in [0.1, 0.15) is 22.8 Å². The Hall–Kier alpha value is -3.81. The molecule has 0 saturated heterocycles. The molecule has 0 aliphatic heterocycles. The average Bonchev–Trinajstić information content (AvgIpc) is 2.73. The van der Waals surface area contributed by atoms with E-state index in [2.05, 4.69) is 10.3 Å². The molecule has 29 heavy (non-hydrogen) atoms. The van der Waals surface area contributed by atoms with Gasteiger partial charge in [-0.2, -0.15) is 0 Å². The predicted molar refractivity (Wildman–Crippen MR) is 106 cm³/mol. The van der Waals surface area contributed by atoms with E-state index in [1.807, 2.05) is 6.92 Å². The fourth-order valence-electron chi connectivity index (χ4n) is 3.25. The number of carbonyl (C=O) groups excluding carboxylic acids is 1. The van der Waals surface area contributed by atoms with E-state index in [1.165, 1.54) is 27.2 Å². The molecule has 1 aromatic carbocycles. The Morgan fingerprint density at radius 3 is 2.69 bits per heavy atom. The molecule has 0 aliphatic carbocycles. The Bertz CT molecular complexity index is 1360. The smallest absolute Gasteiger partial charge is 0.267 e. The Kier molecular flexibility index (Phi) is 4.67. The minimum Gasteiger partial charge on any atom is -0.348 e. The zero-order valence-corrected chi connectivity index (χ0v) is 15.6. The van der Waals surface area contributed by atoms with Crippen molar-refractivity contribution in [3.63, 3.8) is 0 Å². The number of rotatable bonds is 4. The molecule has 2 N–H and O–H groups in total. The monoisotopic (exact) mass is 391 g/mol. The molecule has 0 bridgehead atoms. The minimum absolute atomic E-state index is 0.0243. The number of nitrogens with zero attached hydrogens (tertiary/aromatic N) is 3. The van der Waals surface area contributed by atoms with Crippen molar-refractivity contribution in [2.45, 2.75) is 20.0 Å². The number of benzene rings is 1. The van der Waals surface area contributed by atoms with Crippen molar-refractivity contribution in [2.24, 2.45) is 0 Å². The topological polar surface area (TPSA) is 92.2 Å². The number of fused-ring (bicyclic) bond motifs is 2. The lowest BCUT2D eigenvalue weighted by atomic mass is 10.1. The van der Waals surface area contributed by atoms with Gasteiger partial charge < -0.3 is 9.88 Å². The molecule has 4 rings (SSSR count). The standard InChI is InChI=1S/C21H18FN5O2/c1-2-26-18(23)15(20(28)24-12-13-6-8-14(22)9-7-13)11-16-19(26)25-17-5-3-4-10-27(17)21(16)29/h3-11,23H,2,12H2,1H3,(H,24,28). The normalized spacial score (nSPS) is 11.1. The number of pyridine rings is 2. The Labute approximate surface area is 164 Å². The van der Waals surface area contributed by atoms with Crippen LogP contribution in [-0.2, 0) is 13.1 Å². The zero-order valence-electron chi connectivity index (χ0n) is 15.6. The second-order valence-electron chi connectivity index (χ2n) is 6.54. The predicted octanol–water partition coefficient (Wildman–Crippen LogP) is 2.22. The lowest BCUT2D eigenvalue weighted by Crippen LogP contribution is -2.34. The molecular weight excluding hydrogens is 373 g/mol. The van der Waals surface area contributed by atoms with Gasteiger partial charge in [0.15, 0.2) is 0 Å². The number of carbonyl (C=O) groups is 1. The van der Waals surface area contributed by atoms with Crippen LogP contribution in [-0.4, -0.2) is 19.9 Å². The van der Waals surface area contributed by atoms with Gasteiger partial charge in [0, 0.05) is 19.3 Å². The maximum atomic E-state index is 13.0. The van der Waals surface area contributed by atoms with E-state index in [-0.39, 0.29) is 34.4 Å². The fourth-order valence-corrected chi connectivity index (χ4v) is 3.25. The molecule has 0 unspecified atom stereocenters. The van der Waals surface area contributed by atoms with Gasteiger partial charge in [-0.15, -0.1) is 0 Å². The van der Waals surface area contributed by atoms with Gasteiger partial charge in [0.05, 0.1) is 10.9 Å². The molecule has 0 atom stereocenters. The maximum Gasteiger partial charge on any atom is 0.267 e. The fraction of sp³-hybridized carbons (Fsp3) is 0.143. The summed E-state index contributed by atoms with van der Waals surface area (Å²) >= 11 is 0. The van der Waals surface area contributed by atoms with Gasteiger partial charge in [-0.05, 0) is 42.8 Å². The van der Waals surface area contributed by atoms with Crippen molar-refractivity contribution in [3.8, 4) is 0 Å². The summed E-state index contributed by atoms with van der Waals surface area (Å²) in [4.78, 5) is 30.2. The number of halogens is 1. The lowest BCUT2D eigenvalue weighted by Gasteiger charge is -2.13. The van der Waals surface area contributed by atoms with Crippen LogP contribution in [0.3, 0.4) is 0 Å². The molecule has 0 spiro atoms. The van der Waals surface area contributed by atoms with Crippen LogP contribution in [0.25, 0.3) is 16.7 Å². The molecule has 3 aromatic heterocycles. The first-order chi connectivity index (χ1) is 14.0. The van der Waals surface area contributed by atoms with E-state index >= 15 is 0 Å². The van der Waals surface area contributed by atoms with Crippen LogP contribution in [0.15, 0.2) is 59.5 Å². The van der Waals surface area contributed by atoms with Crippen LogP contribution in [0.4, 0.5) is 4.39 Å². The molecule has 0 radical (unpaired) electrons. The zero-order chi connectivity index (χ0) is 20.5. The quantitative estimate of drug-likeness (QED) is 0.523. The van der Waals surface area contributed by atoms with Gasteiger partial charge in [-0.1, -0.05) is 18.2 Å². The molecular formula is C21H18FN5O2. The van der Waals surface area contributed by atoms with Crippen molar-refractivity contribution in [1.29, 1.82) is 5.41 Å². The summed E-state index contributed by atoms with van der Waals surface area (Å²) in [5.74, 6) is -0.840. The first-order valence-corrected chi connectivity index (χ1v) is 9.11. The summed E-state index contributed by atoms with van der Waals surface area (Å²) in [5, 5.41) is 11.4. The number of aromatic nitrogens is 3. The van der Waals surface area contributed by atoms with Crippen LogP contribution in [0.5, 0.6) is 0 Å². The SMILES string of the molecule is CCn1c(=N)c(C(=O)NCc2ccc(F)cc2)cc2c(=O)n3ccccc3nc21. The molecule has 7 nitrogen and oxygen atoms in total. The highest BCUT2D eigenvalue weighted by atomic mass is 19.1. The van der Waals surface area contributed by atoms with E-state index < -0.39 is 5.91 Å². The van der Waals surface area contributed by atoms with Gasteiger partial charge in [0.25, 0.3) is 11.5 Å². The highest BCUT2D eigenvalue weighted by molar-refractivity contribution is 5.96. The van der Waals surface area contributed by atoms with Gasteiger partial charge in [0.2, 0.25) is 0 Å². The van der Waals surface area contributed by atoms with E-state index in [1.54, 1.807) is 36.5 Å². The third-order valence-electron chi connectivity index (χ3n) is 4.75. The van der Waals surface area contributed by atoms with Gasteiger partial charge in [-0.3, -0.25) is 19.4 Å². The summed E-state index contributed by atoms with van der Waals surface area (Å²) in [6, 6.07) is 12.4. The average molecular weight is 391 g/mol. The maximum absolute atomic E-state index is 13.0. The van der Waals surface area contributed by atoms with Crippen molar-refractivity contribution < 1.29 is 9.18 Å². The van der Waals surface area contributed by atoms with Gasteiger partial charge in [-0.25, -0.2) is 9.37 Å². The van der Waals surface area contributed by atoms with Crippen LogP contribution in [0.2, 0.25) is 0 Å². The second-order valence-corrected chi connectivity index (χ2v) is 6.54. The van der Waals surface area contributed by atoms with Crippen molar-refractivity contribution in [1.82, 2.24) is 19.3 Å². The Morgan fingerprint density at radius 1 is 1.21 bits per heavy atom. The van der Waals surface area contributed by atoms with E-state index in [0.29, 0.717) is 17.8 Å². The van der Waals surface area contributed by atoms with Crippen LogP contribution < -0.4 is 16.4 Å². The van der Waals surface area contributed by atoms with E-state index in [9.17, 15) is 14.0 Å². The van der Waals surface area contributed by atoms with Crippen LogP contribution >= 0.6 is 0 Å². The van der Waals surface area contributed by atoms with E-state index in [0.717, 1.165) is 5.56 Å². The number of amides is 1. The summed E-state index contributed by atoms with van der Waals surface area (Å²) < 4.78 is 16.0. The molecule has 0 aliphatic rings. The molecule has 3 heterocycles. The number of nitrogens with one attached hydrogen (secondary N) is 2. The van der Waals surface area contributed by atoms with Crippen molar-refractivity contribution in [3.05, 3.63) is 87.5 Å². The van der Waals surface area contributed by atoms with Crippen molar-refractivity contribution in [2.75, 3.05) is 0 Å². The lowest BCUT2D eigenvalue weighted by molar-refractivity contribution is 0.0948. The van der Waals surface area contributed by atoms with Crippen molar-refractivity contribution >= 4 is 22.6 Å². The summed E-state index contributed by atoms with van der Waals surface area (Å²) in [7, 11) is 0. The third-order valence-corrected chi connectivity index (χ3v) is 4.75. The highest BCUT2D eigenvalue weighted by Crippen LogP contribution is 2.10. The summed E-state index contributed by atoms with van der Waals surface area (Å²) in [6.45, 7) is 2.38. The largest absolute Gasteiger partial charge is 0.348 e. The molecule has 1 amide bonds. The molecule has 8 heteroatoms. The third kappa shape index (κ3) is 3.29. The first-order valence-electron chi connectivity index (χ1n) is 9.11. The van der Waals surface area contributed by atoms with Gasteiger partial charge in [0.1, 0.15) is 22.6 Å².